The van der Waals surface area contributed by atoms with E-state index in [2.05, 4.69) is 10.2 Å². The number of benzene rings is 2. The molecule has 6 aliphatic heterocycles. The lowest BCUT2D eigenvalue weighted by Gasteiger charge is -2.31. The maximum Gasteiger partial charge on any atom is 0.335 e. The molecule has 3 atom stereocenters. The van der Waals surface area contributed by atoms with Crippen LogP contribution in [0.25, 0.3) is 0 Å². The van der Waals surface area contributed by atoms with Crippen LogP contribution in [-0.4, -0.2) is 231 Å². The van der Waals surface area contributed by atoms with Gasteiger partial charge in [-0.1, -0.05) is 23.3 Å². The Labute approximate surface area is 550 Å². The van der Waals surface area contributed by atoms with Gasteiger partial charge in [0, 0.05) is 106 Å². The Bertz CT molecular complexity index is 3280. The minimum atomic E-state index is -0.738. The van der Waals surface area contributed by atoms with Crippen LogP contribution in [-0.2, 0) is 65.8 Å². The van der Waals surface area contributed by atoms with Crippen LogP contribution >= 0.6 is 11.8 Å². The van der Waals surface area contributed by atoms with Crippen LogP contribution in [0.15, 0.2) is 69.7 Å². The van der Waals surface area contributed by atoms with E-state index in [1.165, 1.54) is 42.0 Å². The van der Waals surface area contributed by atoms with Crippen molar-refractivity contribution in [2.24, 2.45) is 9.98 Å². The molecule has 0 bridgehead atoms. The van der Waals surface area contributed by atoms with E-state index in [9.17, 15) is 38.4 Å². The van der Waals surface area contributed by atoms with Gasteiger partial charge >= 0.3 is 5.97 Å². The largest absolute Gasteiger partial charge is 0.493 e. The third-order valence-corrected chi connectivity index (χ3v) is 17.7. The first-order chi connectivity index (χ1) is 45.3. The summed E-state index contributed by atoms with van der Waals surface area (Å²) in [5.41, 5.74) is 5.11. The number of imide groups is 2. The van der Waals surface area contributed by atoms with Crippen molar-refractivity contribution in [3.8, 4) is 28.7 Å². The van der Waals surface area contributed by atoms with Crippen LogP contribution in [0.3, 0.4) is 0 Å². The summed E-state index contributed by atoms with van der Waals surface area (Å²) in [5, 5.41) is 2.65. The number of hydrogen-bond donors (Lipinski definition) is 1. The first-order valence-electron chi connectivity index (χ1n) is 31.5. The number of nitrogens with zero attached hydrogens (tertiary/aromatic N) is 8. The Morgan fingerprint density at radius 3 is 1.69 bits per heavy atom. The van der Waals surface area contributed by atoms with Crippen LogP contribution in [0, 0.1) is 0 Å². The smallest absolute Gasteiger partial charge is 0.335 e. The van der Waals surface area contributed by atoms with Crippen LogP contribution in [0.2, 0.25) is 0 Å². The van der Waals surface area contributed by atoms with E-state index in [-0.39, 0.29) is 140 Å². The molecule has 0 aliphatic carbocycles. The molecule has 3 aromatic rings. The van der Waals surface area contributed by atoms with Gasteiger partial charge < -0.3 is 67.5 Å². The van der Waals surface area contributed by atoms with E-state index in [0.29, 0.717) is 114 Å². The van der Waals surface area contributed by atoms with Gasteiger partial charge in [0.05, 0.1) is 125 Å². The molecule has 0 radical (unpaired) electrons. The molecule has 0 saturated carbocycles. The minimum absolute atomic E-state index is 0.0246. The molecule has 1 aromatic heterocycles. The van der Waals surface area contributed by atoms with Gasteiger partial charge in [-0.25, -0.2) is 4.79 Å². The van der Waals surface area contributed by atoms with E-state index >= 15 is 0 Å². The van der Waals surface area contributed by atoms with Crippen molar-refractivity contribution in [2.75, 3.05) is 120 Å². The molecule has 94 heavy (non-hydrogen) atoms. The number of allylic oxidation sites excluding steroid dienone is 2. The lowest BCUT2D eigenvalue weighted by atomic mass is 10.1. The highest BCUT2D eigenvalue weighted by molar-refractivity contribution is 8.02. The van der Waals surface area contributed by atoms with Crippen molar-refractivity contribution in [1.82, 2.24) is 35.0 Å². The van der Waals surface area contributed by atoms with Gasteiger partial charge in [0.1, 0.15) is 25.6 Å². The summed E-state index contributed by atoms with van der Waals surface area (Å²) in [4.78, 5) is 128. The number of methoxy groups -OCH3 is 2. The molecule has 28 heteroatoms. The van der Waals surface area contributed by atoms with Crippen molar-refractivity contribution < 1.29 is 85.8 Å². The van der Waals surface area contributed by atoms with Gasteiger partial charge in [0.2, 0.25) is 17.7 Å². The summed E-state index contributed by atoms with van der Waals surface area (Å²) in [5.74, 6) is -1.14. The standard InChI is InChI=1S/C66H83N9O18S/c1-8-42-26-46-35-68-51-32-55(53(84-6)30-49(51)63(81)73(46)37-42)91-39-44-28-48(29-45(70-44)40-92-56-33-52-50(31-54(56)85-7)64(82)74-38-43(9-2)27-47(74)36-69-52)90-19-16-71(5)41-66(3,4)94-57-34-61(79)72(65(57)83)15-12-58(76)67-14-18-87-21-23-89-25-24-88-22-20-86-17-13-62(80)93-75-59(77)10-11-60(75)78/h8-9,28-33,35-36,46-47,57H,10-27,34,37-41H2,1-7H3,(H,67,76)/b42-8+,43-9+/t46-,47?,57?/m0/s1. The number of carbonyl (C=O) groups excluding carboxylic acids is 8. The number of aromatic nitrogens is 1. The van der Waals surface area contributed by atoms with E-state index < -0.39 is 27.8 Å². The van der Waals surface area contributed by atoms with E-state index in [1.54, 1.807) is 36.4 Å². The topological polar surface area (TPSA) is 295 Å². The fraction of sp³-hybridized carbons (Fsp3) is 0.530. The quantitative estimate of drug-likeness (QED) is 0.0430. The Balaban J connectivity index is 0.714. The van der Waals surface area contributed by atoms with Crippen molar-refractivity contribution >= 4 is 82.9 Å². The van der Waals surface area contributed by atoms with Crippen molar-refractivity contribution in [2.45, 2.75) is 108 Å². The second kappa shape index (κ2) is 33.2. The second-order valence-electron chi connectivity index (χ2n) is 23.6. The maximum atomic E-state index is 13.8. The van der Waals surface area contributed by atoms with E-state index in [1.807, 2.05) is 69.1 Å². The molecule has 9 rings (SSSR count). The molecule has 6 aliphatic rings. The molecule has 1 N–H and O–H groups in total. The zero-order valence-electron chi connectivity index (χ0n) is 54.3. The number of aliphatic imine (C=N–C) groups is 2. The molecule has 0 spiro atoms. The predicted octanol–water partition coefficient (Wildman–Crippen LogP) is 5.53. The third kappa shape index (κ3) is 18.6. The third-order valence-electron chi connectivity index (χ3n) is 16.2. The average Bonchev–Trinajstić information content (AvgIpc) is 1.64. The van der Waals surface area contributed by atoms with Gasteiger partial charge in [0.15, 0.2) is 23.0 Å². The number of pyridine rings is 1. The number of hydrogen-bond acceptors (Lipinski definition) is 23. The number of amides is 7. The van der Waals surface area contributed by atoms with Crippen molar-refractivity contribution in [3.05, 3.63) is 82.2 Å². The molecule has 4 fully saturated rings. The Morgan fingerprint density at radius 2 is 1.17 bits per heavy atom. The Morgan fingerprint density at radius 1 is 0.649 bits per heavy atom. The number of nitrogens with one attached hydrogen (secondary N) is 1. The summed E-state index contributed by atoms with van der Waals surface area (Å²) in [6.45, 7) is 12.4. The first-order valence-corrected chi connectivity index (χ1v) is 32.4. The minimum Gasteiger partial charge on any atom is -0.493 e. The van der Waals surface area contributed by atoms with Crippen LogP contribution in [0.5, 0.6) is 28.7 Å². The SMILES string of the molecule is C/C=C1\CC2C=Nc3cc(OCc4cc(OCCN(C)CC(C)(C)SC5CC(=O)N(CCC(=O)NCCOCCOCCOCCOCCC(=O)ON6C(=O)CCC6=O)C5=O)cc(COc5cc6c(cc5OC)C(=O)N5C/C(=C/C)C[C@H]5C=N6)n4)c(OC)cc3C(=O)N2C1. The van der Waals surface area contributed by atoms with Gasteiger partial charge in [-0.3, -0.25) is 53.4 Å². The number of hydroxylamine groups is 2. The van der Waals surface area contributed by atoms with E-state index in [4.69, 9.17) is 62.4 Å². The molecular weight excluding hydrogens is 1240 g/mol. The fourth-order valence-corrected chi connectivity index (χ4v) is 12.9. The number of likely N-dealkylation sites (N-methyl/N-ethyl adjacent to an activating group) is 1. The van der Waals surface area contributed by atoms with Gasteiger partial charge in [-0.05, 0) is 59.7 Å². The summed E-state index contributed by atoms with van der Waals surface area (Å²) < 4.78 is 52.1. The number of likely N-dealkylation sites (tertiary alicyclic amines) is 1. The molecule has 7 amide bonds. The van der Waals surface area contributed by atoms with Crippen molar-refractivity contribution in [3.63, 3.8) is 0 Å². The van der Waals surface area contributed by atoms with Crippen LogP contribution in [0.1, 0.15) is 105 Å². The molecular formula is C66H83N9O18S. The van der Waals surface area contributed by atoms with Crippen LogP contribution in [0.4, 0.5) is 11.4 Å². The maximum absolute atomic E-state index is 13.8. The second-order valence-corrected chi connectivity index (χ2v) is 25.6. The number of carbonyl (C=O) groups is 8. The monoisotopic (exact) mass is 1320 g/mol. The Hall–Kier alpha value is -8.28. The van der Waals surface area contributed by atoms with Gasteiger partial charge in [-0.2, -0.15) is 0 Å². The molecule has 4 saturated heterocycles. The van der Waals surface area contributed by atoms with Crippen molar-refractivity contribution in [1.29, 1.82) is 0 Å². The molecule has 506 valence electrons. The zero-order chi connectivity index (χ0) is 66.9. The highest BCUT2D eigenvalue weighted by atomic mass is 32.2. The number of thioether (sulfide) groups is 1. The molecule has 27 nitrogen and oxygen atoms in total. The highest BCUT2D eigenvalue weighted by Gasteiger charge is 2.43. The van der Waals surface area contributed by atoms with Gasteiger partial charge in [-0.15, -0.1) is 16.8 Å². The summed E-state index contributed by atoms with van der Waals surface area (Å²) in [6.07, 6.45) is 9.05. The predicted molar refractivity (Wildman–Crippen MR) is 344 cm³/mol. The average molecular weight is 1320 g/mol. The number of ether oxygens (including phenoxy) is 9. The lowest BCUT2D eigenvalue weighted by molar-refractivity contribution is -0.198. The molecule has 2 aromatic carbocycles. The van der Waals surface area contributed by atoms with E-state index in [0.717, 1.165) is 12.8 Å². The number of rotatable bonds is 35. The fourth-order valence-electron chi connectivity index (χ4n) is 11.4. The summed E-state index contributed by atoms with van der Waals surface area (Å²) >= 11 is 1.42. The summed E-state index contributed by atoms with van der Waals surface area (Å²) in [7, 11) is 4.98. The van der Waals surface area contributed by atoms with Gasteiger partial charge in [0.25, 0.3) is 23.6 Å². The first kappa shape index (κ1) is 70.0. The molecule has 2 unspecified atom stereocenters. The molecule has 7 heterocycles. The zero-order valence-corrected chi connectivity index (χ0v) is 55.1. The highest BCUT2D eigenvalue weighted by Crippen LogP contribution is 2.42. The lowest BCUT2D eigenvalue weighted by Crippen LogP contribution is -2.39. The number of fused-ring (bicyclic) bond motifs is 4. The Kier molecular flexibility index (Phi) is 24.7. The van der Waals surface area contributed by atoms with Crippen LogP contribution < -0.4 is 29.0 Å². The summed E-state index contributed by atoms with van der Waals surface area (Å²) in [6, 6.07) is 9.99. The normalized spacial score (nSPS) is 19.3.